The Hall–Kier alpha value is -3.60. The molecule has 0 aromatic heterocycles. The summed E-state index contributed by atoms with van der Waals surface area (Å²) in [7, 11) is 0. The number of carbonyl (C=O) groups is 2. The minimum atomic E-state index is -0.638. The van der Waals surface area contributed by atoms with Crippen molar-refractivity contribution in [3.8, 4) is 0 Å². The van der Waals surface area contributed by atoms with Crippen LogP contribution in [0.25, 0.3) is 0 Å². The number of hydrogen-bond acceptors (Lipinski definition) is 3. The second-order valence-electron chi connectivity index (χ2n) is 8.29. The lowest BCUT2D eigenvalue weighted by Crippen LogP contribution is -2.36. The van der Waals surface area contributed by atoms with Crippen molar-refractivity contribution in [2.75, 3.05) is 23.3 Å². The number of aryl methyl sites for hydroxylation is 2. The maximum Gasteiger partial charge on any atom is 0.313 e. The molecule has 0 fully saturated rings. The zero-order valence-corrected chi connectivity index (χ0v) is 18.4. The number of carbonyl (C=O) groups excluding carboxylic acids is 2. The Morgan fingerprint density at radius 2 is 1.59 bits per heavy atom. The summed E-state index contributed by atoms with van der Waals surface area (Å²) in [6, 6.07) is 24.7. The first-order chi connectivity index (χ1) is 15.6. The molecule has 0 saturated carbocycles. The average Bonchev–Trinajstić information content (AvgIpc) is 2.83. The van der Waals surface area contributed by atoms with Crippen molar-refractivity contribution in [3.05, 3.63) is 95.1 Å². The van der Waals surface area contributed by atoms with E-state index in [1.807, 2.05) is 19.1 Å². The van der Waals surface area contributed by atoms with E-state index >= 15 is 0 Å². The first-order valence-electron chi connectivity index (χ1n) is 11.1. The van der Waals surface area contributed by atoms with Gasteiger partial charge in [-0.2, -0.15) is 0 Å². The fourth-order valence-corrected chi connectivity index (χ4v) is 3.99. The molecule has 3 aromatic carbocycles. The molecule has 2 amide bonds. The van der Waals surface area contributed by atoms with Gasteiger partial charge < -0.3 is 15.5 Å². The van der Waals surface area contributed by atoms with Crippen LogP contribution in [0.4, 0.5) is 11.4 Å². The van der Waals surface area contributed by atoms with Crippen molar-refractivity contribution in [2.45, 2.75) is 32.7 Å². The molecule has 1 aliphatic rings. The van der Waals surface area contributed by atoms with E-state index in [1.54, 1.807) is 12.1 Å². The molecule has 0 bridgehead atoms. The van der Waals surface area contributed by atoms with E-state index in [0.717, 1.165) is 37.9 Å². The molecule has 3 aromatic rings. The number of rotatable bonds is 6. The van der Waals surface area contributed by atoms with Crippen LogP contribution in [0.15, 0.2) is 72.8 Å². The topological polar surface area (TPSA) is 61.4 Å². The molecule has 0 aliphatic carbocycles. The van der Waals surface area contributed by atoms with Gasteiger partial charge in [0.25, 0.3) is 0 Å². The molecule has 5 heteroatoms. The molecule has 32 heavy (non-hydrogen) atoms. The van der Waals surface area contributed by atoms with Crippen LogP contribution in [-0.4, -0.2) is 24.9 Å². The Morgan fingerprint density at radius 1 is 0.875 bits per heavy atom. The Labute approximate surface area is 189 Å². The highest BCUT2D eigenvalue weighted by atomic mass is 16.2. The minimum absolute atomic E-state index is 0.463. The summed E-state index contributed by atoms with van der Waals surface area (Å²) in [6.45, 7) is 4.42. The van der Waals surface area contributed by atoms with Gasteiger partial charge in [0, 0.05) is 31.0 Å². The van der Waals surface area contributed by atoms with E-state index in [0.29, 0.717) is 12.2 Å². The van der Waals surface area contributed by atoms with E-state index in [9.17, 15) is 9.59 Å². The summed E-state index contributed by atoms with van der Waals surface area (Å²) < 4.78 is 0. The molecule has 0 atom stereocenters. The molecule has 0 saturated heterocycles. The number of hydrogen-bond donors (Lipinski definition) is 2. The zero-order chi connectivity index (χ0) is 22.3. The van der Waals surface area contributed by atoms with Crippen molar-refractivity contribution >= 4 is 23.2 Å². The molecule has 1 aliphatic heterocycles. The summed E-state index contributed by atoms with van der Waals surface area (Å²) in [5.41, 5.74) is 7.04. The highest BCUT2D eigenvalue weighted by Crippen LogP contribution is 2.24. The molecule has 0 unspecified atom stereocenters. The van der Waals surface area contributed by atoms with Gasteiger partial charge in [-0.05, 0) is 67.1 Å². The van der Waals surface area contributed by atoms with Crippen molar-refractivity contribution in [3.63, 3.8) is 0 Å². The number of nitrogens with one attached hydrogen (secondary N) is 2. The largest absolute Gasteiger partial charge is 0.367 e. The number of benzene rings is 3. The average molecular weight is 428 g/mol. The van der Waals surface area contributed by atoms with E-state index in [-0.39, 0.29) is 0 Å². The standard InChI is InChI=1S/C27H29N3O2/c1-20-8-12-24(13-9-20)29-27(32)26(31)28-17-4-5-21-10-14-25(15-11-21)30-18-16-22-6-2-3-7-23(22)19-30/h2-3,6-15H,4-5,16-19H2,1H3,(H,28,31)(H,29,32). The Balaban J connectivity index is 1.20. The van der Waals surface area contributed by atoms with Crippen LogP contribution in [0.2, 0.25) is 0 Å². The normalized spacial score (nSPS) is 12.7. The van der Waals surface area contributed by atoms with Crippen molar-refractivity contribution in [2.24, 2.45) is 0 Å². The Kier molecular flexibility index (Phi) is 6.85. The fraction of sp³-hybridized carbons (Fsp3) is 0.259. The van der Waals surface area contributed by atoms with Crippen molar-refractivity contribution < 1.29 is 9.59 Å². The Bertz CT molecular complexity index is 1070. The van der Waals surface area contributed by atoms with Gasteiger partial charge in [-0.3, -0.25) is 9.59 Å². The van der Waals surface area contributed by atoms with Crippen LogP contribution < -0.4 is 15.5 Å². The van der Waals surface area contributed by atoms with Gasteiger partial charge in [0.2, 0.25) is 0 Å². The van der Waals surface area contributed by atoms with Crippen molar-refractivity contribution in [1.82, 2.24) is 5.32 Å². The van der Waals surface area contributed by atoms with Crippen molar-refractivity contribution in [1.29, 1.82) is 0 Å². The second kappa shape index (κ2) is 10.1. The van der Waals surface area contributed by atoms with Crippen LogP contribution in [0.3, 0.4) is 0 Å². The lowest BCUT2D eigenvalue weighted by molar-refractivity contribution is -0.136. The van der Waals surface area contributed by atoms with E-state index in [1.165, 1.54) is 22.4 Å². The molecule has 2 N–H and O–H groups in total. The van der Waals surface area contributed by atoms with Crippen LogP contribution in [-0.2, 0) is 29.0 Å². The van der Waals surface area contributed by atoms with Gasteiger partial charge in [-0.15, -0.1) is 0 Å². The van der Waals surface area contributed by atoms with Gasteiger partial charge in [-0.1, -0.05) is 54.1 Å². The summed E-state index contributed by atoms with van der Waals surface area (Å²) in [5.74, 6) is -1.24. The predicted octanol–water partition coefficient (Wildman–Crippen LogP) is 4.25. The number of amides is 2. The van der Waals surface area contributed by atoms with Crippen LogP contribution in [0.1, 0.15) is 28.7 Å². The summed E-state index contributed by atoms with van der Waals surface area (Å²) in [5, 5.41) is 5.31. The lowest BCUT2D eigenvalue weighted by atomic mass is 9.99. The SMILES string of the molecule is Cc1ccc(NC(=O)C(=O)NCCCc2ccc(N3CCc4ccccc4C3)cc2)cc1. The maximum atomic E-state index is 12.0. The summed E-state index contributed by atoms with van der Waals surface area (Å²) in [6.07, 6.45) is 2.71. The molecular weight excluding hydrogens is 398 g/mol. The quantitative estimate of drug-likeness (QED) is 0.457. The molecular formula is C27H29N3O2. The number of nitrogens with zero attached hydrogens (tertiary/aromatic N) is 1. The molecule has 164 valence electrons. The number of fused-ring (bicyclic) bond motifs is 1. The minimum Gasteiger partial charge on any atom is -0.367 e. The van der Waals surface area contributed by atoms with Gasteiger partial charge in [-0.25, -0.2) is 0 Å². The smallest absolute Gasteiger partial charge is 0.313 e. The lowest BCUT2D eigenvalue weighted by Gasteiger charge is -2.30. The third-order valence-electron chi connectivity index (χ3n) is 5.88. The molecule has 0 radical (unpaired) electrons. The van der Waals surface area contributed by atoms with E-state index < -0.39 is 11.8 Å². The number of anilines is 2. The fourth-order valence-electron chi connectivity index (χ4n) is 3.99. The van der Waals surface area contributed by atoms with Crippen LogP contribution in [0.5, 0.6) is 0 Å². The van der Waals surface area contributed by atoms with Crippen LogP contribution in [0, 0.1) is 6.92 Å². The predicted molar refractivity (Wildman–Crippen MR) is 129 cm³/mol. The summed E-state index contributed by atoms with van der Waals surface area (Å²) >= 11 is 0. The van der Waals surface area contributed by atoms with Gasteiger partial charge in [0.05, 0.1) is 0 Å². The molecule has 0 spiro atoms. The van der Waals surface area contributed by atoms with Crippen LogP contribution >= 0.6 is 0 Å². The molecule has 5 nitrogen and oxygen atoms in total. The summed E-state index contributed by atoms with van der Waals surface area (Å²) in [4.78, 5) is 26.4. The molecule has 4 rings (SSSR count). The Morgan fingerprint density at radius 3 is 2.34 bits per heavy atom. The highest BCUT2D eigenvalue weighted by Gasteiger charge is 2.16. The highest BCUT2D eigenvalue weighted by molar-refractivity contribution is 6.39. The monoisotopic (exact) mass is 427 g/mol. The van der Waals surface area contributed by atoms with Gasteiger partial charge in [0.1, 0.15) is 0 Å². The first-order valence-corrected chi connectivity index (χ1v) is 11.1. The first kappa shape index (κ1) is 21.6. The second-order valence-corrected chi connectivity index (χ2v) is 8.29. The van der Waals surface area contributed by atoms with E-state index in [2.05, 4.69) is 64.1 Å². The molecule has 1 heterocycles. The third kappa shape index (κ3) is 5.55. The zero-order valence-electron chi connectivity index (χ0n) is 18.4. The maximum absolute atomic E-state index is 12.0. The van der Waals surface area contributed by atoms with Gasteiger partial charge >= 0.3 is 11.8 Å². The third-order valence-corrected chi connectivity index (χ3v) is 5.88. The van der Waals surface area contributed by atoms with Gasteiger partial charge in [0.15, 0.2) is 0 Å². The van der Waals surface area contributed by atoms with E-state index in [4.69, 9.17) is 0 Å².